The van der Waals surface area contributed by atoms with Crippen molar-refractivity contribution in [3.05, 3.63) is 35.9 Å². The van der Waals surface area contributed by atoms with Gasteiger partial charge in [-0.3, -0.25) is 4.79 Å². The summed E-state index contributed by atoms with van der Waals surface area (Å²) >= 11 is 3.57. The zero-order valence-electron chi connectivity index (χ0n) is 8.04. The summed E-state index contributed by atoms with van der Waals surface area (Å²) in [5, 5.41) is -0.345. The highest BCUT2D eigenvalue weighted by Gasteiger charge is 2.04. The van der Waals surface area contributed by atoms with Crippen LogP contribution in [0.2, 0.25) is 0 Å². The Labute approximate surface area is 94.1 Å². The lowest BCUT2D eigenvalue weighted by molar-refractivity contribution is -0.106. The van der Waals surface area contributed by atoms with Crippen LogP contribution in [0.3, 0.4) is 0 Å². The van der Waals surface area contributed by atoms with Crippen LogP contribution in [0.15, 0.2) is 35.2 Å². The van der Waals surface area contributed by atoms with E-state index in [2.05, 4.69) is 12.6 Å². The van der Waals surface area contributed by atoms with E-state index in [1.54, 1.807) is 18.2 Å². The van der Waals surface area contributed by atoms with E-state index in [0.29, 0.717) is 0 Å². The SMILES string of the molecule is CS(=O)(=O)c1ccc(/C=C/C(=O)S)cc1. The maximum Gasteiger partial charge on any atom is 0.209 e. The standard InChI is InChI=1S/C10H10O3S2/c1-15(12,13)9-5-2-8(3-6-9)4-7-10(11)14/h2-7H,1H3,(H,11,14)/b7-4+. The van der Waals surface area contributed by atoms with E-state index in [4.69, 9.17) is 0 Å². The van der Waals surface area contributed by atoms with Gasteiger partial charge in [0.25, 0.3) is 0 Å². The van der Waals surface area contributed by atoms with Gasteiger partial charge in [0, 0.05) is 6.26 Å². The van der Waals surface area contributed by atoms with Crippen molar-refractivity contribution in [1.82, 2.24) is 0 Å². The van der Waals surface area contributed by atoms with E-state index in [-0.39, 0.29) is 10.0 Å². The molecule has 0 atom stereocenters. The molecule has 0 bridgehead atoms. The van der Waals surface area contributed by atoms with Crippen LogP contribution >= 0.6 is 12.6 Å². The average Bonchev–Trinajstić information content (AvgIpc) is 2.14. The average molecular weight is 242 g/mol. The quantitative estimate of drug-likeness (QED) is 0.646. The molecule has 0 unspecified atom stereocenters. The molecule has 0 aliphatic rings. The summed E-state index contributed by atoms with van der Waals surface area (Å²) in [6, 6.07) is 6.25. The van der Waals surface area contributed by atoms with Crippen molar-refractivity contribution in [2.24, 2.45) is 0 Å². The Morgan fingerprint density at radius 3 is 2.20 bits per heavy atom. The topological polar surface area (TPSA) is 51.2 Å². The molecule has 0 heterocycles. The zero-order valence-corrected chi connectivity index (χ0v) is 9.76. The summed E-state index contributed by atoms with van der Waals surface area (Å²) in [5.74, 6) is 0. The molecule has 80 valence electrons. The van der Waals surface area contributed by atoms with Crippen LogP contribution in [0, 0.1) is 0 Å². The fourth-order valence-electron chi connectivity index (χ4n) is 0.994. The number of hydrogen-bond donors (Lipinski definition) is 1. The first-order chi connectivity index (χ1) is 6.89. The van der Waals surface area contributed by atoms with Crippen molar-refractivity contribution in [2.45, 2.75) is 4.90 Å². The largest absolute Gasteiger partial charge is 0.283 e. The highest BCUT2D eigenvalue weighted by Crippen LogP contribution is 2.11. The molecule has 0 saturated carbocycles. The van der Waals surface area contributed by atoms with Crippen LogP contribution < -0.4 is 0 Å². The summed E-state index contributed by atoms with van der Waals surface area (Å²) in [5.41, 5.74) is 0.754. The van der Waals surface area contributed by atoms with Gasteiger partial charge in [-0.15, -0.1) is 12.6 Å². The Kier molecular flexibility index (Phi) is 3.71. The molecule has 1 aromatic rings. The van der Waals surface area contributed by atoms with E-state index in [0.717, 1.165) is 11.8 Å². The summed E-state index contributed by atoms with van der Waals surface area (Å²) in [7, 11) is -3.16. The van der Waals surface area contributed by atoms with E-state index >= 15 is 0 Å². The number of rotatable bonds is 3. The third-order valence-electron chi connectivity index (χ3n) is 1.73. The maximum atomic E-state index is 11.1. The number of carbonyl (C=O) groups is 1. The van der Waals surface area contributed by atoms with Crippen molar-refractivity contribution < 1.29 is 13.2 Å². The summed E-state index contributed by atoms with van der Waals surface area (Å²) in [6.45, 7) is 0. The van der Waals surface area contributed by atoms with Crippen LogP contribution in [-0.4, -0.2) is 19.8 Å². The molecule has 0 fully saturated rings. The molecular weight excluding hydrogens is 232 g/mol. The molecule has 0 aliphatic heterocycles. The smallest absolute Gasteiger partial charge is 0.209 e. The second kappa shape index (κ2) is 4.63. The predicted octanol–water partition coefficient (Wildman–Crippen LogP) is 1.56. The minimum absolute atomic E-state index is 0.261. The molecule has 0 N–H and O–H groups in total. The lowest BCUT2D eigenvalue weighted by Gasteiger charge is -1.98. The van der Waals surface area contributed by atoms with Crippen LogP contribution in [0.1, 0.15) is 5.56 Å². The van der Waals surface area contributed by atoms with Crippen LogP contribution in [-0.2, 0) is 14.6 Å². The summed E-state index contributed by atoms with van der Waals surface area (Å²) < 4.78 is 22.3. The van der Waals surface area contributed by atoms with E-state index in [9.17, 15) is 13.2 Å². The highest BCUT2D eigenvalue weighted by atomic mass is 32.2. The third kappa shape index (κ3) is 3.89. The minimum atomic E-state index is -3.16. The van der Waals surface area contributed by atoms with Crippen molar-refractivity contribution in [3.63, 3.8) is 0 Å². The van der Waals surface area contributed by atoms with Gasteiger partial charge >= 0.3 is 0 Å². The second-order valence-corrected chi connectivity index (χ2v) is 5.47. The maximum absolute atomic E-state index is 11.1. The normalized spacial score (nSPS) is 11.9. The van der Waals surface area contributed by atoms with Gasteiger partial charge in [0.05, 0.1) is 4.90 Å². The van der Waals surface area contributed by atoms with Crippen molar-refractivity contribution in [3.8, 4) is 0 Å². The predicted molar refractivity (Wildman–Crippen MR) is 62.6 cm³/mol. The first-order valence-corrected chi connectivity index (χ1v) is 6.44. The highest BCUT2D eigenvalue weighted by molar-refractivity contribution is 7.97. The first-order valence-electron chi connectivity index (χ1n) is 4.11. The lowest BCUT2D eigenvalue weighted by atomic mass is 10.2. The minimum Gasteiger partial charge on any atom is -0.283 e. The molecular formula is C10H10O3S2. The Morgan fingerprint density at radius 1 is 1.27 bits per heavy atom. The number of carbonyl (C=O) groups excluding carboxylic acids is 1. The number of hydrogen-bond acceptors (Lipinski definition) is 3. The first kappa shape index (κ1) is 12.0. The van der Waals surface area contributed by atoms with Gasteiger partial charge < -0.3 is 0 Å². The molecule has 15 heavy (non-hydrogen) atoms. The summed E-state index contributed by atoms with van der Waals surface area (Å²) in [6.07, 6.45) is 4.02. The Bertz CT molecular complexity index is 484. The molecule has 1 rings (SSSR count). The van der Waals surface area contributed by atoms with E-state index < -0.39 is 9.84 Å². The number of thiol groups is 1. The second-order valence-electron chi connectivity index (χ2n) is 3.01. The van der Waals surface area contributed by atoms with Crippen molar-refractivity contribution in [1.29, 1.82) is 0 Å². The summed E-state index contributed by atoms with van der Waals surface area (Å²) in [4.78, 5) is 10.8. The van der Waals surface area contributed by atoms with Gasteiger partial charge in [0.2, 0.25) is 5.12 Å². The van der Waals surface area contributed by atoms with Gasteiger partial charge in [-0.25, -0.2) is 8.42 Å². The number of sulfone groups is 1. The van der Waals surface area contributed by atoms with Crippen molar-refractivity contribution >= 4 is 33.7 Å². The molecule has 0 radical (unpaired) electrons. The lowest BCUT2D eigenvalue weighted by Crippen LogP contribution is -1.96. The third-order valence-corrected chi connectivity index (χ3v) is 3.00. The van der Waals surface area contributed by atoms with Gasteiger partial charge in [-0.05, 0) is 23.8 Å². The van der Waals surface area contributed by atoms with Crippen LogP contribution in [0.4, 0.5) is 0 Å². The monoisotopic (exact) mass is 242 g/mol. The van der Waals surface area contributed by atoms with Gasteiger partial charge in [-0.2, -0.15) is 0 Å². The zero-order chi connectivity index (χ0) is 11.5. The Balaban J connectivity index is 2.96. The number of benzene rings is 1. The Hall–Kier alpha value is -1.07. The van der Waals surface area contributed by atoms with Gasteiger partial charge in [0.15, 0.2) is 9.84 Å². The fraction of sp³-hybridized carbons (Fsp3) is 0.100. The molecule has 0 spiro atoms. The molecule has 0 aliphatic carbocycles. The molecule has 0 amide bonds. The van der Waals surface area contributed by atoms with E-state index in [1.165, 1.54) is 18.2 Å². The fourth-order valence-corrected chi connectivity index (χ4v) is 1.70. The molecule has 3 nitrogen and oxygen atoms in total. The Morgan fingerprint density at radius 2 is 1.80 bits per heavy atom. The molecule has 1 aromatic carbocycles. The van der Waals surface area contributed by atoms with Crippen LogP contribution in [0.5, 0.6) is 0 Å². The van der Waals surface area contributed by atoms with Gasteiger partial charge in [0.1, 0.15) is 0 Å². The van der Waals surface area contributed by atoms with E-state index in [1.807, 2.05) is 0 Å². The van der Waals surface area contributed by atoms with Gasteiger partial charge in [-0.1, -0.05) is 18.2 Å². The van der Waals surface area contributed by atoms with Crippen molar-refractivity contribution in [2.75, 3.05) is 6.26 Å². The molecule has 5 heteroatoms. The molecule has 0 saturated heterocycles. The van der Waals surface area contributed by atoms with Crippen LogP contribution in [0.25, 0.3) is 6.08 Å². The molecule has 0 aromatic heterocycles.